The number of carboxylic acids is 1. The first-order valence-corrected chi connectivity index (χ1v) is 13.2. The number of aliphatic carboxylic acids is 1. The normalized spacial score (nSPS) is 23.0. The summed E-state index contributed by atoms with van der Waals surface area (Å²) in [6.07, 6.45) is -1.69. The van der Waals surface area contributed by atoms with E-state index in [1.807, 2.05) is 17.5 Å². The highest BCUT2D eigenvalue weighted by Gasteiger charge is 2.54. The number of thiophene rings is 1. The monoisotopic (exact) mass is 566 g/mol. The summed E-state index contributed by atoms with van der Waals surface area (Å²) in [6.45, 7) is 1.01. The summed E-state index contributed by atoms with van der Waals surface area (Å²) in [6, 6.07) is 1.85. The highest BCUT2D eigenvalue weighted by Crippen LogP contribution is 2.40. The van der Waals surface area contributed by atoms with E-state index in [0.717, 1.165) is 9.78 Å². The Bertz CT molecular complexity index is 1020. The lowest BCUT2D eigenvalue weighted by Gasteiger charge is -2.49. The number of β-lactam (4-membered cyclic amide) rings is 1. The fourth-order valence-corrected chi connectivity index (χ4v) is 5.77. The first-order chi connectivity index (χ1) is 16.5. The molecule has 3 amide bonds. The summed E-state index contributed by atoms with van der Waals surface area (Å²) < 4.78 is 5.33. The van der Waals surface area contributed by atoms with Crippen LogP contribution in [0.1, 0.15) is 11.8 Å². The molecule has 5 atom stereocenters. The van der Waals surface area contributed by atoms with Crippen LogP contribution in [0.4, 0.5) is 0 Å². The van der Waals surface area contributed by atoms with Crippen molar-refractivity contribution in [3.8, 4) is 0 Å². The van der Waals surface area contributed by atoms with Gasteiger partial charge in [0.15, 0.2) is 11.3 Å². The van der Waals surface area contributed by atoms with Gasteiger partial charge in [0.05, 0.1) is 24.9 Å². The van der Waals surface area contributed by atoms with Gasteiger partial charge in [-0.25, -0.2) is 4.79 Å². The molecule has 6 N–H and O–H groups in total. The average Bonchev–Trinajstić information content (AvgIpc) is 3.32. The Hall–Kier alpha value is -1.87. The SMILES string of the molecule is C[C@H](N)C(=O)N[C@@](Cl)(CCl)C(O)OCC1=C(C(=O)O)N2C(=O)[C@@H](NC(=O)Cc3cccs3)[C@@H]2SC1. The van der Waals surface area contributed by atoms with E-state index in [4.69, 9.17) is 33.7 Å². The van der Waals surface area contributed by atoms with Crippen molar-refractivity contribution >= 4 is 70.0 Å². The van der Waals surface area contributed by atoms with E-state index < -0.39 is 59.0 Å². The quantitative estimate of drug-likeness (QED) is 0.107. The van der Waals surface area contributed by atoms with Gasteiger partial charge in [0.2, 0.25) is 11.8 Å². The van der Waals surface area contributed by atoms with Gasteiger partial charge in [-0.2, -0.15) is 0 Å². The first-order valence-electron chi connectivity index (χ1n) is 10.3. The Morgan fingerprint density at radius 3 is 2.71 bits per heavy atom. The number of nitrogens with two attached hydrogens (primary N) is 1. The van der Waals surface area contributed by atoms with Crippen molar-refractivity contribution in [3.05, 3.63) is 33.7 Å². The minimum atomic E-state index is -1.91. The minimum Gasteiger partial charge on any atom is -0.477 e. The number of hydrogen-bond acceptors (Lipinski definition) is 9. The van der Waals surface area contributed by atoms with Crippen LogP contribution < -0.4 is 16.4 Å². The number of nitrogens with one attached hydrogen (secondary N) is 2. The summed E-state index contributed by atoms with van der Waals surface area (Å²) in [5.74, 6) is -3.22. The minimum absolute atomic E-state index is 0.123. The van der Waals surface area contributed by atoms with Crippen LogP contribution in [-0.2, 0) is 30.3 Å². The molecule has 3 heterocycles. The van der Waals surface area contributed by atoms with Gasteiger partial charge in [-0.1, -0.05) is 17.7 Å². The molecule has 0 saturated carbocycles. The molecule has 1 aromatic heterocycles. The van der Waals surface area contributed by atoms with Gasteiger partial charge in [0.25, 0.3) is 5.91 Å². The number of aliphatic hydroxyl groups is 1. The number of hydrogen-bond donors (Lipinski definition) is 5. The second kappa shape index (κ2) is 11.5. The topological polar surface area (TPSA) is 171 Å². The molecule has 11 nitrogen and oxygen atoms in total. The Morgan fingerprint density at radius 1 is 1.43 bits per heavy atom. The Labute approximate surface area is 218 Å². The number of carbonyl (C=O) groups is 4. The summed E-state index contributed by atoms with van der Waals surface area (Å²) in [5.41, 5.74) is 5.41. The van der Waals surface area contributed by atoms with Crippen LogP contribution in [0.25, 0.3) is 0 Å². The zero-order chi connectivity index (χ0) is 25.9. The van der Waals surface area contributed by atoms with Crippen molar-refractivity contribution in [2.45, 2.75) is 42.1 Å². The Kier molecular flexibility index (Phi) is 9.07. The van der Waals surface area contributed by atoms with Crippen molar-refractivity contribution in [3.63, 3.8) is 0 Å². The van der Waals surface area contributed by atoms with Crippen LogP contribution in [0.5, 0.6) is 0 Å². The highest BCUT2D eigenvalue weighted by molar-refractivity contribution is 8.00. The number of amides is 3. The second-order valence-electron chi connectivity index (χ2n) is 7.91. The van der Waals surface area contributed by atoms with Gasteiger partial charge in [0.1, 0.15) is 17.1 Å². The third-order valence-electron chi connectivity index (χ3n) is 5.23. The lowest BCUT2D eigenvalue weighted by molar-refractivity contribution is -0.151. The summed E-state index contributed by atoms with van der Waals surface area (Å²) in [5, 5.41) is 26.4. The molecule has 1 saturated heterocycles. The summed E-state index contributed by atoms with van der Waals surface area (Å²) in [4.78, 5) is 48.9. The lowest BCUT2D eigenvalue weighted by Crippen LogP contribution is -2.70. The molecule has 1 aromatic rings. The average molecular weight is 567 g/mol. The van der Waals surface area contributed by atoms with E-state index in [0.29, 0.717) is 0 Å². The van der Waals surface area contributed by atoms with Crippen LogP contribution in [0.3, 0.4) is 0 Å². The number of rotatable bonds is 11. The van der Waals surface area contributed by atoms with Gasteiger partial charge < -0.3 is 31.3 Å². The van der Waals surface area contributed by atoms with Crippen LogP contribution in [0.15, 0.2) is 28.8 Å². The van der Waals surface area contributed by atoms with Crippen molar-refractivity contribution in [1.29, 1.82) is 0 Å². The summed E-state index contributed by atoms with van der Waals surface area (Å²) >= 11 is 14.7. The van der Waals surface area contributed by atoms with E-state index in [1.54, 1.807) is 0 Å². The van der Waals surface area contributed by atoms with Crippen LogP contribution in [0, 0.1) is 0 Å². The van der Waals surface area contributed by atoms with Crippen molar-refractivity contribution in [2.75, 3.05) is 18.2 Å². The number of thioether (sulfide) groups is 1. The molecule has 0 spiro atoms. The number of halogens is 2. The molecule has 3 rings (SSSR count). The Morgan fingerprint density at radius 2 is 2.14 bits per heavy atom. The fraction of sp³-hybridized carbons (Fsp3) is 0.500. The molecule has 0 aliphatic carbocycles. The van der Waals surface area contributed by atoms with E-state index in [-0.39, 0.29) is 29.4 Å². The van der Waals surface area contributed by atoms with Crippen LogP contribution >= 0.6 is 46.3 Å². The zero-order valence-corrected chi connectivity index (χ0v) is 21.5. The first kappa shape index (κ1) is 27.7. The molecule has 0 aromatic carbocycles. The molecule has 15 heteroatoms. The zero-order valence-electron chi connectivity index (χ0n) is 18.4. The largest absolute Gasteiger partial charge is 0.477 e. The highest BCUT2D eigenvalue weighted by atomic mass is 35.5. The van der Waals surface area contributed by atoms with E-state index >= 15 is 0 Å². The van der Waals surface area contributed by atoms with Gasteiger partial charge >= 0.3 is 5.97 Å². The summed E-state index contributed by atoms with van der Waals surface area (Å²) in [7, 11) is 0. The number of carbonyl (C=O) groups excluding carboxylic acids is 3. The van der Waals surface area contributed by atoms with E-state index in [2.05, 4.69) is 10.6 Å². The predicted molar refractivity (Wildman–Crippen MR) is 131 cm³/mol. The molecule has 1 fully saturated rings. The smallest absolute Gasteiger partial charge is 0.352 e. The van der Waals surface area contributed by atoms with Crippen molar-refractivity contribution < 1.29 is 34.1 Å². The number of ether oxygens (including phenoxy) is 1. The fourth-order valence-electron chi connectivity index (χ4n) is 3.38. The van der Waals surface area contributed by atoms with Gasteiger partial charge in [-0.05, 0) is 23.9 Å². The Balaban J connectivity index is 1.66. The van der Waals surface area contributed by atoms with E-state index in [9.17, 15) is 29.4 Å². The molecular formula is C20H24Cl2N4O7S2. The van der Waals surface area contributed by atoms with Crippen LogP contribution in [0.2, 0.25) is 0 Å². The molecular weight excluding hydrogens is 543 g/mol. The second-order valence-corrected chi connectivity index (χ2v) is 11.0. The lowest BCUT2D eigenvalue weighted by atomic mass is 10.0. The van der Waals surface area contributed by atoms with E-state index in [1.165, 1.54) is 30.0 Å². The maximum Gasteiger partial charge on any atom is 0.352 e. The van der Waals surface area contributed by atoms with Crippen LogP contribution in [-0.4, -0.2) is 85.8 Å². The third kappa shape index (κ3) is 6.10. The standard InChI is InChI=1S/C20H24Cl2N4O7S2/c1-9(23)15(28)25-20(22,8-21)19(32)33-6-10-7-35-17-13(16(29)26(17)14(10)18(30)31)24-12(27)5-11-3-2-4-34-11/h2-4,9,13,17,19,32H,5-8,23H2,1H3,(H,24,27)(H,25,28)(H,30,31)/t9-,13+,17-,19?,20-/m0/s1. The number of nitrogens with zero attached hydrogens (tertiary/aromatic N) is 1. The predicted octanol–water partition coefficient (Wildman–Crippen LogP) is 0.00150. The van der Waals surface area contributed by atoms with Crippen molar-refractivity contribution in [1.82, 2.24) is 15.5 Å². The molecule has 2 aliphatic heterocycles. The number of aliphatic hydroxyl groups excluding tert-OH is 1. The molecule has 1 unspecified atom stereocenters. The maximum absolute atomic E-state index is 12.7. The third-order valence-corrected chi connectivity index (χ3v) is 8.42. The molecule has 0 radical (unpaired) electrons. The molecule has 2 aliphatic rings. The maximum atomic E-state index is 12.7. The molecule has 35 heavy (non-hydrogen) atoms. The number of alkyl halides is 2. The number of fused-ring (bicyclic) bond motifs is 1. The number of carboxylic acid groups (broad SMARTS) is 1. The van der Waals surface area contributed by atoms with Gasteiger partial charge in [-0.3, -0.25) is 19.3 Å². The molecule has 192 valence electrons. The van der Waals surface area contributed by atoms with Gasteiger partial charge in [-0.15, -0.1) is 34.7 Å². The molecule has 0 bridgehead atoms. The van der Waals surface area contributed by atoms with Gasteiger partial charge in [0, 0.05) is 10.6 Å². The van der Waals surface area contributed by atoms with Crippen molar-refractivity contribution in [2.24, 2.45) is 5.73 Å².